The normalized spacial score (nSPS) is 23.6. The van der Waals surface area contributed by atoms with Gasteiger partial charge in [0.15, 0.2) is 0 Å². The highest BCUT2D eigenvalue weighted by Crippen LogP contribution is 2.35. The summed E-state index contributed by atoms with van der Waals surface area (Å²) < 4.78 is 0. The molecule has 0 aliphatic carbocycles. The minimum absolute atomic E-state index is 0.0694. The van der Waals surface area contributed by atoms with Crippen molar-refractivity contribution in [3.8, 4) is 0 Å². The summed E-state index contributed by atoms with van der Waals surface area (Å²) in [7, 11) is 0. The van der Waals surface area contributed by atoms with E-state index in [0.29, 0.717) is 0 Å². The average molecular weight is 203 g/mol. The Hall–Kier alpha value is -0.120. The second-order valence-corrected chi connectivity index (χ2v) is 4.76. The lowest BCUT2D eigenvalue weighted by Crippen LogP contribution is -2.51. The van der Waals surface area contributed by atoms with Gasteiger partial charge in [-0.25, -0.2) is 0 Å². The number of nitrogens with one attached hydrogen (secondary N) is 1. The zero-order chi connectivity index (χ0) is 11.2. The molecule has 1 aliphatic heterocycles. The molecule has 0 atom stereocenters. The Morgan fingerprint density at radius 2 is 1.57 bits per heavy atom. The van der Waals surface area contributed by atoms with Crippen LogP contribution in [-0.2, 0) is 0 Å². The Labute approximate surface area is 87.5 Å². The van der Waals surface area contributed by atoms with E-state index >= 15 is 0 Å². The van der Waals surface area contributed by atoms with E-state index in [0.717, 1.165) is 19.5 Å². The second kappa shape index (κ2) is 5.69. The fourth-order valence-corrected chi connectivity index (χ4v) is 2.08. The van der Waals surface area contributed by atoms with Gasteiger partial charge in [0.25, 0.3) is 0 Å². The summed E-state index contributed by atoms with van der Waals surface area (Å²) in [5.74, 6) is 0. The molecule has 1 heterocycles. The van der Waals surface area contributed by atoms with Gasteiger partial charge in [-0.2, -0.15) is 0 Å². The predicted octanol–water partition coefficient (Wildman–Crippen LogP) is 1.00. The molecule has 0 spiro atoms. The summed E-state index contributed by atoms with van der Waals surface area (Å²) in [6, 6.07) is 0. The van der Waals surface area contributed by atoms with Crippen molar-refractivity contribution in [3.63, 3.8) is 0 Å². The van der Waals surface area contributed by atoms with Crippen molar-refractivity contribution in [1.29, 1.82) is 0 Å². The summed E-state index contributed by atoms with van der Waals surface area (Å²) in [6.07, 6.45) is 0.889. The monoisotopic (exact) mass is 203 g/mol. The summed E-state index contributed by atoms with van der Waals surface area (Å²) in [5, 5.41) is 21.6. The van der Waals surface area contributed by atoms with Crippen molar-refractivity contribution >= 4 is 0 Å². The number of rotatable bonds is 2. The van der Waals surface area contributed by atoms with Crippen LogP contribution in [0.15, 0.2) is 0 Å². The molecule has 3 heteroatoms. The van der Waals surface area contributed by atoms with Gasteiger partial charge in [-0.1, -0.05) is 27.7 Å². The number of piperidine rings is 1. The van der Waals surface area contributed by atoms with Gasteiger partial charge in [-0.05, 0) is 11.8 Å². The molecule has 86 valence electrons. The first-order chi connectivity index (χ1) is 6.54. The van der Waals surface area contributed by atoms with Crippen molar-refractivity contribution in [2.45, 2.75) is 34.1 Å². The molecule has 3 nitrogen and oxygen atoms in total. The fourth-order valence-electron chi connectivity index (χ4n) is 2.08. The molecular weight excluding hydrogens is 178 g/mol. The quantitative estimate of drug-likeness (QED) is 0.627. The van der Waals surface area contributed by atoms with Gasteiger partial charge >= 0.3 is 0 Å². The first kappa shape index (κ1) is 13.9. The van der Waals surface area contributed by atoms with Gasteiger partial charge in [0.1, 0.15) is 0 Å². The molecule has 1 aliphatic rings. The highest BCUT2D eigenvalue weighted by atomic mass is 16.3. The molecule has 0 aromatic heterocycles. The largest absolute Gasteiger partial charge is 0.396 e. The van der Waals surface area contributed by atoms with Crippen molar-refractivity contribution in [2.75, 3.05) is 26.3 Å². The van der Waals surface area contributed by atoms with Gasteiger partial charge in [0, 0.05) is 18.5 Å². The molecular formula is C11H25NO2. The van der Waals surface area contributed by atoms with E-state index in [9.17, 15) is 10.2 Å². The fraction of sp³-hybridized carbons (Fsp3) is 1.00. The molecule has 3 N–H and O–H groups in total. The van der Waals surface area contributed by atoms with E-state index in [-0.39, 0.29) is 24.0 Å². The van der Waals surface area contributed by atoms with Crippen LogP contribution >= 0.6 is 0 Å². The molecule has 14 heavy (non-hydrogen) atoms. The van der Waals surface area contributed by atoms with Crippen LogP contribution in [0.5, 0.6) is 0 Å². The maximum Gasteiger partial charge on any atom is 0.0521 e. The molecule has 1 rings (SSSR count). The molecule has 0 radical (unpaired) electrons. The van der Waals surface area contributed by atoms with Gasteiger partial charge in [-0.15, -0.1) is 0 Å². The average Bonchev–Trinajstić information content (AvgIpc) is 2.19. The summed E-state index contributed by atoms with van der Waals surface area (Å²) in [4.78, 5) is 0. The third-order valence-corrected chi connectivity index (χ3v) is 2.63. The first-order valence-electron chi connectivity index (χ1n) is 5.46. The molecule has 0 saturated carbocycles. The predicted molar refractivity (Wildman–Crippen MR) is 59.2 cm³/mol. The first-order valence-corrected chi connectivity index (χ1v) is 5.46. The smallest absolute Gasteiger partial charge is 0.0521 e. The van der Waals surface area contributed by atoms with Crippen molar-refractivity contribution in [1.82, 2.24) is 5.32 Å². The lowest BCUT2D eigenvalue weighted by molar-refractivity contribution is -0.00529. The number of hydrogen-bond acceptors (Lipinski definition) is 3. The van der Waals surface area contributed by atoms with E-state index in [2.05, 4.69) is 19.2 Å². The number of aliphatic hydroxyl groups excluding tert-OH is 2. The Bertz CT molecular complexity index is 153. The highest BCUT2D eigenvalue weighted by molar-refractivity contribution is 4.92. The van der Waals surface area contributed by atoms with Crippen LogP contribution in [0.3, 0.4) is 0 Å². The van der Waals surface area contributed by atoms with E-state index < -0.39 is 0 Å². The van der Waals surface area contributed by atoms with Gasteiger partial charge in [-0.3, -0.25) is 0 Å². The number of aliphatic hydroxyl groups is 2. The lowest BCUT2D eigenvalue weighted by Gasteiger charge is -2.43. The summed E-state index contributed by atoms with van der Waals surface area (Å²) >= 11 is 0. The van der Waals surface area contributed by atoms with Crippen LogP contribution in [0.1, 0.15) is 34.1 Å². The van der Waals surface area contributed by atoms with Gasteiger partial charge in [0.05, 0.1) is 13.2 Å². The summed E-state index contributed by atoms with van der Waals surface area (Å²) in [6.45, 7) is 10.1. The summed E-state index contributed by atoms with van der Waals surface area (Å²) in [5.41, 5.74) is -0.120. The van der Waals surface area contributed by atoms with Gasteiger partial charge < -0.3 is 15.5 Å². The van der Waals surface area contributed by atoms with Crippen molar-refractivity contribution in [2.24, 2.45) is 10.8 Å². The maximum atomic E-state index is 9.17. The zero-order valence-electron chi connectivity index (χ0n) is 9.93. The zero-order valence-corrected chi connectivity index (χ0v) is 9.93. The molecule has 0 aromatic rings. The molecule has 0 bridgehead atoms. The maximum absolute atomic E-state index is 9.17. The topological polar surface area (TPSA) is 52.5 Å². The van der Waals surface area contributed by atoms with Crippen LogP contribution in [0.2, 0.25) is 0 Å². The lowest BCUT2D eigenvalue weighted by atomic mass is 9.70. The Balaban J connectivity index is 0.000000791. The molecule has 0 unspecified atom stereocenters. The van der Waals surface area contributed by atoms with Crippen LogP contribution in [0.25, 0.3) is 0 Å². The Morgan fingerprint density at radius 1 is 1.07 bits per heavy atom. The SMILES string of the molecule is CC.CC1(C)CNCC(CO)(CO)C1. The highest BCUT2D eigenvalue weighted by Gasteiger charge is 2.38. The van der Waals surface area contributed by atoms with Crippen LogP contribution < -0.4 is 5.32 Å². The number of hydrogen-bond donors (Lipinski definition) is 3. The Kier molecular flexibility index (Phi) is 5.64. The van der Waals surface area contributed by atoms with Gasteiger partial charge in [0.2, 0.25) is 0 Å². The minimum Gasteiger partial charge on any atom is -0.396 e. The minimum atomic E-state index is -0.304. The molecule has 1 fully saturated rings. The van der Waals surface area contributed by atoms with Crippen LogP contribution in [0.4, 0.5) is 0 Å². The molecule has 1 saturated heterocycles. The van der Waals surface area contributed by atoms with Crippen LogP contribution in [0, 0.1) is 10.8 Å². The molecule has 0 amide bonds. The third-order valence-electron chi connectivity index (χ3n) is 2.63. The van der Waals surface area contributed by atoms with E-state index in [4.69, 9.17) is 0 Å². The molecule has 0 aromatic carbocycles. The van der Waals surface area contributed by atoms with E-state index in [1.807, 2.05) is 13.8 Å². The standard InChI is InChI=1S/C9H19NO2.C2H6/c1-8(2)3-9(6-11,7-12)5-10-4-8;1-2/h10-12H,3-7H2,1-2H3;1-2H3. The van der Waals surface area contributed by atoms with Crippen molar-refractivity contribution < 1.29 is 10.2 Å². The second-order valence-electron chi connectivity index (χ2n) is 4.76. The third kappa shape index (κ3) is 3.56. The van der Waals surface area contributed by atoms with E-state index in [1.165, 1.54) is 0 Å². The Morgan fingerprint density at radius 3 is 1.86 bits per heavy atom. The van der Waals surface area contributed by atoms with Crippen LogP contribution in [-0.4, -0.2) is 36.5 Å². The van der Waals surface area contributed by atoms with Crippen molar-refractivity contribution in [3.05, 3.63) is 0 Å². The van der Waals surface area contributed by atoms with E-state index in [1.54, 1.807) is 0 Å².